The zero-order valence-corrected chi connectivity index (χ0v) is 13.4. The maximum absolute atomic E-state index is 12.2. The second-order valence-corrected chi connectivity index (χ2v) is 4.43. The SMILES string of the molecule is CC.CC.Cc1ccc2c(c1)C(=O)c1cc(C)ccc1-2. The van der Waals surface area contributed by atoms with Gasteiger partial charge in [-0.3, -0.25) is 4.79 Å². The van der Waals surface area contributed by atoms with Gasteiger partial charge >= 0.3 is 0 Å². The van der Waals surface area contributed by atoms with Gasteiger partial charge in [0.15, 0.2) is 5.78 Å². The van der Waals surface area contributed by atoms with Gasteiger partial charge in [0.2, 0.25) is 0 Å². The molecule has 0 amide bonds. The fourth-order valence-electron chi connectivity index (χ4n) is 2.31. The lowest BCUT2D eigenvalue weighted by atomic mass is 10.0. The fourth-order valence-corrected chi connectivity index (χ4v) is 2.31. The lowest BCUT2D eigenvalue weighted by molar-refractivity contribution is 0.104. The Hall–Kier alpha value is -1.89. The summed E-state index contributed by atoms with van der Waals surface area (Å²) in [7, 11) is 0. The third-order valence-electron chi connectivity index (χ3n) is 3.13. The second kappa shape index (κ2) is 7.04. The molecule has 2 aromatic rings. The second-order valence-electron chi connectivity index (χ2n) is 4.43. The molecular formula is C19H24O. The van der Waals surface area contributed by atoms with E-state index in [1.807, 2.05) is 65.8 Å². The molecule has 0 radical (unpaired) electrons. The predicted molar refractivity (Wildman–Crippen MR) is 87.5 cm³/mol. The first-order chi connectivity index (χ1) is 9.66. The Morgan fingerprint density at radius 2 is 0.950 bits per heavy atom. The van der Waals surface area contributed by atoms with Gasteiger partial charge in [-0.05, 0) is 37.1 Å². The van der Waals surface area contributed by atoms with Gasteiger partial charge in [-0.15, -0.1) is 0 Å². The smallest absolute Gasteiger partial charge is 0.194 e. The summed E-state index contributed by atoms with van der Waals surface area (Å²) in [5, 5.41) is 0. The minimum atomic E-state index is 0.164. The summed E-state index contributed by atoms with van der Waals surface area (Å²) in [4.78, 5) is 12.2. The van der Waals surface area contributed by atoms with Crippen LogP contribution in [0.15, 0.2) is 36.4 Å². The molecule has 0 aliphatic heterocycles. The van der Waals surface area contributed by atoms with E-state index in [4.69, 9.17) is 0 Å². The third kappa shape index (κ3) is 2.82. The summed E-state index contributed by atoms with van der Waals surface area (Å²) in [5.41, 5.74) is 6.12. The molecule has 1 aliphatic rings. The van der Waals surface area contributed by atoms with Crippen molar-refractivity contribution in [2.75, 3.05) is 0 Å². The zero-order valence-electron chi connectivity index (χ0n) is 13.4. The molecule has 0 heterocycles. The van der Waals surface area contributed by atoms with Gasteiger partial charge in [-0.2, -0.15) is 0 Å². The van der Waals surface area contributed by atoms with Crippen molar-refractivity contribution in [2.24, 2.45) is 0 Å². The van der Waals surface area contributed by atoms with Crippen LogP contribution in [-0.2, 0) is 0 Å². The molecule has 0 N–H and O–H groups in total. The zero-order chi connectivity index (χ0) is 15.3. The Balaban J connectivity index is 0.000000461. The number of carbonyl (C=O) groups excluding carboxylic acids is 1. The molecule has 0 saturated heterocycles. The van der Waals surface area contributed by atoms with E-state index < -0.39 is 0 Å². The Morgan fingerprint density at radius 1 is 0.600 bits per heavy atom. The Kier molecular flexibility index (Phi) is 5.69. The van der Waals surface area contributed by atoms with Crippen LogP contribution in [0.25, 0.3) is 11.1 Å². The average Bonchev–Trinajstić information content (AvgIpc) is 2.76. The monoisotopic (exact) mass is 268 g/mol. The molecule has 0 fully saturated rings. The van der Waals surface area contributed by atoms with Crippen LogP contribution in [0.1, 0.15) is 54.7 Å². The average molecular weight is 268 g/mol. The number of benzene rings is 2. The summed E-state index contributed by atoms with van der Waals surface area (Å²) in [6, 6.07) is 12.2. The molecule has 0 atom stereocenters. The molecule has 2 aromatic carbocycles. The highest BCUT2D eigenvalue weighted by Crippen LogP contribution is 2.37. The van der Waals surface area contributed by atoms with Gasteiger partial charge < -0.3 is 0 Å². The standard InChI is InChI=1S/C15H12O.2C2H6/c1-9-3-5-11-12-6-4-10(2)8-14(12)15(16)13(11)7-9;2*1-2/h3-8H,1-2H3;2*1-2H3. The van der Waals surface area contributed by atoms with E-state index in [9.17, 15) is 4.79 Å². The van der Waals surface area contributed by atoms with Gasteiger partial charge in [-0.25, -0.2) is 0 Å². The molecule has 0 bridgehead atoms. The van der Waals surface area contributed by atoms with Crippen molar-refractivity contribution >= 4 is 5.78 Å². The predicted octanol–water partition coefficient (Wildman–Crippen LogP) is 5.57. The minimum absolute atomic E-state index is 0.164. The molecule has 1 heteroatoms. The van der Waals surface area contributed by atoms with Crippen molar-refractivity contribution in [1.29, 1.82) is 0 Å². The molecule has 0 unspecified atom stereocenters. The maximum Gasteiger partial charge on any atom is 0.194 e. The number of fused-ring (bicyclic) bond motifs is 3. The molecule has 0 spiro atoms. The first kappa shape index (κ1) is 16.2. The van der Waals surface area contributed by atoms with Crippen molar-refractivity contribution in [3.63, 3.8) is 0 Å². The Bertz CT molecular complexity index is 556. The van der Waals surface area contributed by atoms with Gasteiger partial charge in [0.1, 0.15) is 0 Å². The molecule has 1 nitrogen and oxygen atoms in total. The third-order valence-corrected chi connectivity index (χ3v) is 3.13. The van der Waals surface area contributed by atoms with Crippen molar-refractivity contribution in [3.05, 3.63) is 58.7 Å². The summed E-state index contributed by atoms with van der Waals surface area (Å²) >= 11 is 0. The number of carbonyl (C=O) groups is 1. The molecular weight excluding hydrogens is 244 g/mol. The van der Waals surface area contributed by atoms with Crippen LogP contribution in [0.5, 0.6) is 0 Å². The number of hydrogen-bond donors (Lipinski definition) is 0. The van der Waals surface area contributed by atoms with Gasteiger partial charge in [-0.1, -0.05) is 63.1 Å². The van der Waals surface area contributed by atoms with E-state index in [2.05, 4.69) is 12.1 Å². The Morgan fingerprint density at radius 3 is 1.30 bits per heavy atom. The first-order valence-electron chi connectivity index (χ1n) is 7.43. The van der Waals surface area contributed by atoms with Crippen LogP contribution in [0.3, 0.4) is 0 Å². The van der Waals surface area contributed by atoms with Gasteiger partial charge in [0.25, 0.3) is 0 Å². The molecule has 0 saturated carbocycles. The van der Waals surface area contributed by atoms with Crippen LogP contribution < -0.4 is 0 Å². The first-order valence-corrected chi connectivity index (χ1v) is 7.43. The van der Waals surface area contributed by atoms with E-state index in [0.29, 0.717) is 0 Å². The van der Waals surface area contributed by atoms with Crippen LogP contribution >= 0.6 is 0 Å². The summed E-state index contributed by atoms with van der Waals surface area (Å²) in [6.45, 7) is 12.0. The summed E-state index contributed by atoms with van der Waals surface area (Å²) in [6.07, 6.45) is 0. The summed E-state index contributed by atoms with van der Waals surface area (Å²) in [5.74, 6) is 0.164. The largest absolute Gasteiger partial charge is 0.289 e. The topological polar surface area (TPSA) is 17.1 Å². The van der Waals surface area contributed by atoms with Crippen molar-refractivity contribution in [3.8, 4) is 11.1 Å². The fraction of sp³-hybridized carbons (Fsp3) is 0.316. The molecule has 1 aliphatic carbocycles. The van der Waals surface area contributed by atoms with Crippen LogP contribution in [0, 0.1) is 13.8 Å². The van der Waals surface area contributed by atoms with Gasteiger partial charge in [0.05, 0.1) is 0 Å². The van der Waals surface area contributed by atoms with E-state index in [-0.39, 0.29) is 5.78 Å². The highest BCUT2D eigenvalue weighted by atomic mass is 16.1. The van der Waals surface area contributed by atoms with Crippen LogP contribution in [-0.4, -0.2) is 5.78 Å². The van der Waals surface area contributed by atoms with E-state index >= 15 is 0 Å². The van der Waals surface area contributed by atoms with Crippen LogP contribution in [0.4, 0.5) is 0 Å². The number of rotatable bonds is 0. The minimum Gasteiger partial charge on any atom is -0.289 e. The molecule has 3 rings (SSSR count). The van der Waals surface area contributed by atoms with Crippen molar-refractivity contribution < 1.29 is 4.79 Å². The van der Waals surface area contributed by atoms with Crippen LogP contribution in [0.2, 0.25) is 0 Å². The molecule has 106 valence electrons. The van der Waals surface area contributed by atoms with Crippen molar-refractivity contribution in [2.45, 2.75) is 41.5 Å². The Labute approximate surface area is 122 Å². The maximum atomic E-state index is 12.2. The lowest BCUT2D eigenvalue weighted by Gasteiger charge is -2.00. The number of aryl methyl sites for hydroxylation is 2. The number of hydrogen-bond acceptors (Lipinski definition) is 1. The van der Waals surface area contributed by atoms with Gasteiger partial charge in [0, 0.05) is 11.1 Å². The highest BCUT2D eigenvalue weighted by molar-refractivity contribution is 6.21. The lowest BCUT2D eigenvalue weighted by Crippen LogP contribution is -1.95. The van der Waals surface area contributed by atoms with E-state index in [0.717, 1.165) is 33.4 Å². The van der Waals surface area contributed by atoms with E-state index in [1.165, 1.54) is 0 Å². The van der Waals surface area contributed by atoms with Crippen molar-refractivity contribution in [1.82, 2.24) is 0 Å². The highest BCUT2D eigenvalue weighted by Gasteiger charge is 2.26. The summed E-state index contributed by atoms with van der Waals surface area (Å²) < 4.78 is 0. The quantitative estimate of drug-likeness (QED) is 0.521. The number of ketones is 1. The molecule has 20 heavy (non-hydrogen) atoms. The molecule has 0 aromatic heterocycles. The van der Waals surface area contributed by atoms with E-state index in [1.54, 1.807) is 0 Å². The normalized spacial score (nSPS) is 10.6.